The van der Waals surface area contributed by atoms with Crippen molar-refractivity contribution in [1.82, 2.24) is 5.43 Å². The number of rotatable bonds is 2. The molecule has 80 valence electrons. The zero-order chi connectivity index (χ0) is 11.4. The van der Waals surface area contributed by atoms with Crippen LogP contribution in [-0.2, 0) is 0 Å². The molecule has 0 aliphatic heterocycles. The Morgan fingerprint density at radius 2 is 2.00 bits per heavy atom. The van der Waals surface area contributed by atoms with E-state index in [-0.39, 0.29) is 10.9 Å². The molecule has 4 nitrogen and oxygen atoms in total. The summed E-state index contributed by atoms with van der Waals surface area (Å²) in [5, 5.41) is 13.3. The molecule has 0 unspecified atom stereocenters. The van der Waals surface area contributed by atoms with Crippen LogP contribution in [0.15, 0.2) is 26.2 Å². The summed E-state index contributed by atoms with van der Waals surface area (Å²) in [6.45, 7) is 0. The molecule has 15 heavy (non-hydrogen) atoms. The van der Waals surface area contributed by atoms with Crippen LogP contribution in [0.1, 0.15) is 5.56 Å². The Hall–Kier alpha value is -0.660. The van der Waals surface area contributed by atoms with Crippen LogP contribution in [0.3, 0.4) is 0 Å². The first-order valence-electron chi connectivity index (χ1n) is 3.77. The van der Waals surface area contributed by atoms with Gasteiger partial charge < -0.3 is 10.8 Å². The SMILES string of the molecule is NC(=S)N/N=C/c1cc(Br)c(O)c(Br)c1. The number of benzene rings is 1. The van der Waals surface area contributed by atoms with Gasteiger partial charge in [-0.25, -0.2) is 0 Å². The van der Waals surface area contributed by atoms with Gasteiger partial charge in [-0.1, -0.05) is 0 Å². The highest BCUT2D eigenvalue weighted by molar-refractivity contribution is 9.11. The Balaban J connectivity index is 2.87. The lowest BCUT2D eigenvalue weighted by Crippen LogP contribution is -2.23. The van der Waals surface area contributed by atoms with Gasteiger partial charge in [-0.2, -0.15) is 5.10 Å². The fraction of sp³-hybridized carbons (Fsp3) is 0. The van der Waals surface area contributed by atoms with E-state index in [2.05, 4.69) is 54.6 Å². The third-order valence-electron chi connectivity index (χ3n) is 1.43. The summed E-state index contributed by atoms with van der Waals surface area (Å²) in [6.07, 6.45) is 1.54. The summed E-state index contributed by atoms with van der Waals surface area (Å²) >= 11 is 11.0. The normalized spacial score (nSPS) is 10.5. The van der Waals surface area contributed by atoms with Crippen LogP contribution >= 0.6 is 44.1 Å². The Morgan fingerprint density at radius 1 is 1.47 bits per heavy atom. The first-order valence-corrected chi connectivity index (χ1v) is 5.76. The second-order valence-corrected chi connectivity index (χ2v) is 4.72. The van der Waals surface area contributed by atoms with Crippen molar-refractivity contribution in [2.24, 2.45) is 10.8 Å². The van der Waals surface area contributed by atoms with Crippen LogP contribution in [0.5, 0.6) is 5.75 Å². The molecule has 0 heterocycles. The van der Waals surface area contributed by atoms with Crippen molar-refractivity contribution in [1.29, 1.82) is 0 Å². The zero-order valence-corrected chi connectivity index (χ0v) is 11.4. The molecule has 0 atom stereocenters. The molecule has 4 N–H and O–H groups in total. The number of nitrogens with zero attached hydrogens (tertiary/aromatic N) is 1. The van der Waals surface area contributed by atoms with Crippen molar-refractivity contribution in [2.45, 2.75) is 0 Å². The van der Waals surface area contributed by atoms with Gasteiger partial charge in [-0.05, 0) is 61.8 Å². The molecule has 0 aromatic heterocycles. The van der Waals surface area contributed by atoms with E-state index >= 15 is 0 Å². The average Bonchev–Trinajstić information content (AvgIpc) is 2.13. The Bertz CT molecular complexity index is 399. The van der Waals surface area contributed by atoms with Gasteiger partial charge in [-0.15, -0.1) is 0 Å². The van der Waals surface area contributed by atoms with E-state index in [1.165, 1.54) is 6.21 Å². The molecule has 0 spiro atoms. The van der Waals surface area contributed by atoms with E-state index in [1.807, 2.05) is 0 Å². The number of hydrazone groups is 1. The lowest BCUT2D eigenvalue weighted by atomic mass is 10.2. The number of hydrogen-bond acceptors (Lipinski definition) is 3. The predicted octanol–water partition coefficient (Wildman–Crippen LogP) is 2.08. The summed E-state index contributed by atoms with van der Waals surface area (Å²) in [5.74, 6) is 0.148. The molecule has 0 radical (unpaired) electrons. The third kappa shape index (κ3) is 3.77. The van der Waals surface area contributed by atoms with Gasteiger partial charge in [0.05, 0.1) is 15.2 Å². The van der Waals surface area contributed by atoms with Crippen molar-refractivity contribution in [2.75, 3.05) is 0 Å². The zero-order valence-electron chi connectivity index (χ0n) is 7.37. The van der Waals surface area contributed by atoms with Gasteiger partial charge in [0, 0.05) is 0 Å². The van der Waals surface area contributed by atoms with Crippen molar-refractivity contribution in [3.63, 3.8) is 0 Å². The van der Waals surface area contributed by atoms with Gasteiger partial charge in [-0.3, -0.25) is 5.43 Å². The second-order valence-electron chi connectivity index (χ2n) is 2.57. The van der Waals surface area contributed by atoms with Gasteiger partial charge >= 0.3 is 0 Å². The summed E-state index contributed by atoms with van der Waals surface area (Å²) in [7, 11) is 0. The van der Waals surface area contributed by atoms with Crippen LogP contribution in [0.4, 0.5) is 0 Å². The van der Waals surface area contributed by atoms with Gasteiger partial charge in [0.2, 0.25) is 0 Å². The number of phenols is 1. The average molecular weight is 353 g/mol. The van der Waals surface area contributed by atoms with Gasteiger partial charge in [0.25, 0.3) is 0 Å². The monoisotopic (exact) mass is 351 g/mol. The summed E-state index contributed by atoms with van der Waals surface area (Å²) < 4.78 is 1.15. The summed E-state index contributed by atoms with van der Waals surface area (Å²) in [4.78, 5) is 0. The van der Waals surface area contributed by atoms with E-state index < -0.39 is 0 Å². The molecular weight excluding hydrogens is 346 g/mol. The molecule has 0 aliphatic rings. The first-order chi connectivity index (χ1) is 7.00. The predicted molar refractivity (Wildman–Crippen MR) is 71.0 cm³/mol. The first kappa shape index (κ1) is 12.4. The number of hydrogen-bond donors (Lipinski definition) is 3. The third-order valence-corrected chi connectivity index (χ3v) is 2.73. The summed E-state index contributed by atoms with van der Waals surface area (Å²) in [5.41, 5.74) is 8.41. The molecule has 0 amide bonds. The largest absolute Gasteiger partial charge is 0.506 e. The van der Waals surface area contributed by atoms with Crippen LogP contribution in [0.25, 0.3) is 0 Å². The Morgan fingerprint density at radius 3 is 2.47 bits per heavy atom. The van der Waals surface area contributed by atoms with Crippen LogP contribution in [0, 0.1) is 0 Å². The molecule has 0 fully saturated rings. The minimum atomic E-state index is 0.100. The Labute approximate surface area is 109 Å². The molecule has 0 bridgehead atoms. The number of halogens is 2. The summed E-state index contributed by atoms with van der Waals surface area (Å²) in [6, 6.07) is 3.43. The molecule has 0 saturated carbocycles. The van der Waals surface area contributed by atoms with Crippen molar-refractivity contribution >= 4 is 55.4 Å². The quantitative estimate of drug-likeness (QED) is 0.433. The molecule has 1 aromatic rings. The van der Waals surface area contributed by atoms with E-state index in [0.717, 1.165) is 5.56 Å². The lowest BCUT2D eigenvalue weighted by molar-refractivity contribution is 0.468. The lowest BCUT2D eigenvalue weighted by Gasteiger charge is -2.01. The van der Waals surface area contributed by atoms with E-state index in [1.54, 1.807) is 12.1 Å². The maximum Gasteiger partial charge on any atom is 0.184 e. The molecule has 1 rings (SSSR count). The minimum Gasteiger partial charge on any atom is -0.506 e. The highest BCUT2D eigenvalue weighted by Gasteiger charge is 2.04. The number of aromatic hydroxyl groups is 1. The van der Waals surface area contributed by atoms with Gasteiger partial charge in [0.15, 0.2) is 5.11 Å². The standard InChI is InChI=1S/C8H7Br2N3OS/c9-5-1-4(2-6(10)7(5)14)3-12-13-8(11)15/h1-3,14H,(H3,11,13,15)/b12-3+. The van der Waals surface area contributed by atoms with E-state index in [9.17, 15) is 5.11 Å². The number of nitrogens with one attached hydrogen (secondary N) is 1. The molecule has 0 saturated heterocycles. The Kier molecular flexibility index (Phi) is 4.49. The second kappa shape index (κ2) is 5.43. The van der Waals surface area contributed by atoms with Crippen molar-refractivity contribution < 1.29 is 5.11 Å². The number of thiocarbonyl (C=S) groups is 1. The van der Waals surface area contributed by atoms with Crippen molar-refractivity contribution in [3.8, 4) is 5.75 Å². The maximum atomic E-state index is 9.45. The maximum absolute atomic E-state index is 9.45. The van der Waals surface area contributed by atoms with Crippen molar-refractivity contribution in [3.05, 3.63) is 26.6 Å². The smallest absolute Gasteiger partial charge is 0.184 e. The van der Waals surface area contributed by atoms with Crippen LogP contribution in [0.2, 0.25) is 0 Å². The highest BCUT2D eigenvalue weighted by atomic mass is 79.9. The molecule has 7 heteroatoms. The number of phenolic OH excluding ortho intramolecular Hbond substituents is 1. The molecular formula is C8H7Br2N3OS. The highest BCUT2D eigenvalue weighted by Crippen LogP contribution is 2.32. The van der Waals surface area contributed by atoms with Gasteiger partial charge in [0.1, 0.15) is 5.75 Å². The van der Waals surface area contributed by atoms with Crippen LogP contribution < -0.4 is 11.2 Å². The molecule has 1 aromatic carbocycles. The number of nitrogens with two attached hydrogens (primary N) is 1. The topological polar surface area (TPSA) is 70.6 Å². The van der Waals surface area contributed by atoms with E-state index in [0.29, 0.717) is 8.95 Å². The minimum absolute atomic E-state index is 0.100. The molecule has 0 aliphatic carbocycles. The fourth-order valence-corrected chi connectivity index (χ4v) is 2.10. The van der Waals surface area contributed by atoms with Crippen LogP contribution in [-0.4, -0.2) is 16.4 Å². The fourth-order valence-electron chi connectivity index (χ4n) is 0.830. The van der Waals surface area contributed by atoms with E-state index in [4.69, 9.17) is 5.73 Å².